The number of hydrogen-bond acceptors (Lipinski definition) is 3. The Balaban J connectivity index is 2.07. The van der Waals surface area contributed by atoms with Crippen molar-refractivity contribution in [1.29, 1.82) is 0 Å². The molecular formula is C13H15ClN2O. The molecule has 1 heterocycles. The van der Waals surface area contributed by atoms with Gasteiger partial charge in [-0.05, 0) is 32.1 Å². The van der Waals surface area contributed by atoms with E-state index in [1.165, 1.54) is 0 Å². The third-order valence-corrected chi connectivity index (χ3v) is 2.72. The van der Waals surface area contributed by atoms with E-state index >= 15 is 0 Å². The molecule has 0 saturated carbocycles. The quantitative estimate of drug-likeness (QED) is 0.829. The summed E-state index contributed by atoms with van der Waals surface area (Å²) in [5.74, 6) is 1.54. The summed E-state index contributed by atoms with van der Waals surface area (Å²) in [6.45, 7) is 0.967. The van der Waals surface area contributed by atoms with Gasteiger partial charge in [0.15, 0.2) is 11.7 Å². The first kappa shape index (κ1) is 12.1. The minimum atomic E-state index is 0.704. The lowest BCUT2D eigenvalue weighted by Gasteiger charge is -1.97. The summed E-state index contributed by atoms with van der Waals surface area (Å²) in [5.41, 5.74) is 0.963. The van der Waals surface area contributed by atoms with Crippen LogP contribution in [0.15, 0.2) is 34.9 Å². The molecule has 0 saturated heterocycles. The fourth-order valence-corrected chi connectivity index (χ4v) is 1.81. The van der Waals surface area contributed by atoms with Crippen molar-refractivity contribution in [1.82, 2.24) is 10.3 Å². The zero-order chi connectivity index (χ0) is 12.1. The van der Waals surface area contributed by atoms with Gasteiger partial charge in [-0.3, -0.25) is 0 Å². The molecule has 0 aliphatic rings. The van der Waals surface area contributed by atoms with Crippen molar-refractivity contribution in [2.45, 2.75) is 12.8 Å². The summed E-state index contributed by atoms with van der Waals surface area (Å²) in [5, 5.41) is 3.80. The molecule has 0 atom stereocenters. The molecule has 0 unspecified atom stereocenters. The summed E-state index contributed by atoms with van der Waals surface area (Å²) in [7, 11) is 1.94. The fraction of sp³-hybridized carbons (Fsp3) is 0.308. The van der Waals surface area contributed by atoms with Crippen LogP contribution in [0.2, 0.25) is 5.02 Å². The topological polar surface area (TPSA) is 38.1 Å². The number of aryl methyl sites for hydroxylation is 1. The highest BCUT2D eigenvalue weighted by molar-refractivity contribution is 6.30. The molecule has 90 valence electrons. The summed E-state index contributed by atoms with van der Waals surface area (Å²) in [6, 6.07) is 7.58. The van der Waals surface area contributed by atoms with Crippen molar-refractivity contribution in [3.8, 4) is 11.3 Å². The summed E-state index contributed by atoms with van der Waals surface area (Å²) in [6.07, 6.45) is 3.62. The van der Waals surface area contributed by atoms with Crippen molar-refractivity contribution < 1.29 is 4.42 Å². The van der Waals surface area contributed by atoms with E-state index in [4.69, 9.17) is 16.0 Å². The van der Waals surface area contributed by atoms with Crippen molar-refractivity contribution in [2.75, 3.05) is 13.6 Å². The Hall–Kier alpha value is -1.32. The highest BCUT2D eigenvalue weighted by Crippen LogP contribution is 2.23. The van der Waals surface area contributed by atoms with Gasteiger partial charge in [0.25, 0.3) is 0 Å². The van der Waals surface area contributed by atoms with E-state index in [2.05, 4.69) is 10.3 Å². The van der Waals surface area contributed by atoms with Gasteiger partial charge in [0.05, 0.1) is 6.20 Å². The third kappa shape index (κ3) is 3.32. The van der Waals surface area contributed by atoms with Crippen molar-refractivity contribution in [2.24, 2.45) is 0 Å². The molecular weight excluding hydrogens is 236 g/mol. The Morgan fingerprint density at radius 2 is 2.29 bits per heavy atom. The van der Waals surface area contributed by atoms with Gasteiger partial charge in [-0.25, -0.2) is 4.98 Å². The molecule has 17 heavy (non-hydrogen) atoms. The normalized spacial score (nSPS) is 10.7. The summed E-state index contributed by atoms with van der Waals surface area (Å²) >= 11 is 5.93. The van der Waals surface area contributed by atoms with Gasteiger partial charge >= 0.3 is 0 Å². The molecule has 0 aliphatic heterocycles. The maximum absolute atomic E-state index is 5.93. The van der Waals surface area contributed by atoms with Gasteiger partial charge in [0, 0.05) is 17.0 Å². The van der Waals surface area contributed by atoms with Crippen LogP contribution in [0, 0.1) is 0 Å². The van der Waals surface area contributed by atoms with E-state index in [1.54, 1.807) is 6.20 Å². The molecule has 0 fully saturated rings. The van der Waals surface area contributed by atoms with Crippen LogP contribution in [-0.2, 0) is 6.42 Å². The summed E-state index contributed by atoms with van der Waals surface area (Å²) in [4.78, 5) is 4.26. The second-order valence-corrected chi connectivity index (χ2v) is 4.27. The van der Waals surface area contributed by atoms with Crippen molar-refractivity contribution in [3.05, 3.63) is 41.4 Å². The highest BCUT2D eigenvalue weighted by Gasteiger charge is 2.06. The molecule has 0 amide bonds. The van der Waals surface area contributed by atoms with E-state index in [-0.39, 0.29) is 0 Å². The van der Waals surface area contributed by atoms with Crippen LogP contribution in [0.1, 0.15) is 12.3 Å². The number of nitrogens with one attached hydrogen (secondary N) is 1. The molecule has 0 radical (unpaired) electrons. The van der Waals surface area contributed by atoms with E-state index in [1.807, 2.05) is 31.3 Å². The Kier molecular flexibility index (Phi) is 4.18. The number of aromatic nitrogens is 1. The molecule has 0 aliphatic carbocycles. The standard InChI is InChI=1S/C13H15ClN2O/c1-15-7-3-6-13-16-9-12(17-13)10-4-2-5-11(14)8-10/h2,4-5,8-9,15H,3,6-7H2,1H3. The van der Waals surface area contributed by atoms with Gasteiger partial charge in [0.1, 0.15) is 0 Å². The van der Waals surface area contributed by atoms with Crippen LogP contribution in [0.5, 0.6) is 0 Å². The van der Waals surface area contributed by atoms with Gasteiger partial charge in [-0.1, -0.05) is 23.7 Å². The molecule has 1 aromatic heterocycles. The molecule has 1 aromatic carbocycles. The highest BCUT2D eigenvalue weighted by atomic mass is 35.5. The lowest BCUT2D eigenvalue weighted by atomic mass is 10.2. The van der Waals surface area contributed by atoms with Gasteiger partial charge in [-0.15, -0.1) is 0 Å². The Bertz CT molecular complexity index is 482. The van der Waals surface area contributed by atoms with Crippen LogP contribution in [0.3, 0.4) is 0 Å². The first-order valence-electron chi connectivity index (χ1n) is 5.65. The Labute approximate surface area is 106 Å². The van der Waals surface area contributed by atoms with E-state index in [0.29, 0.717) is 5.02 Å². The van der Waals surface area contributed by atoms with Gasteiger partial charge in [-0.2, -0.15) is 0 Å². The first-order chi connectivity index (χ1) is 8.29. The molecule has 2 rings (SSSR count). The monoisotopic (exact) mass is 250 g/mol. The average Bonchev–Trinajstić information content (AvgIpc) is 2.78. The van der Waals surface area contributed by atoms with Gasteiger partial charge < -0.3 is 9.73 Å². The maximum Gasteiger partial charge on any atom is 0.194 e. The van der Waals surface area contributed by atoms with Crippen LogP contribution in [0.25, 0.3) is 11.3 Å². The molecule has 1 N–H and O–H groups in total. The van der Waals surface area contributed by atoms with E-state index in [0.717, 1.165) is 36.6 Å². The molecule has 0 spiro atoms. The second kappa shape index (κ2) is 5.84. The van der Waals surface area contributed by atoms with Gasteiger partial charge in [0.2, 0.25) is 0 Å². The summed E-state index contributed by atoms with van der Waals surface area (Å²) < 4.78 is 5.67. The van der Waals surface area contributed by atoms with Crippen molar-refractivity contribution in [3.63, 3.8) is 0 Å². The van der Waals surface area contributed by atoms with Crippen LogP contribution in [0.4, 0.5) is 0 Å². The smallest absolute Gasteiger partial charge is 0.194 e. The number of halogens is 1. The van der Waals surface area contributed by atoms with Crippen molar-refractivity contribution >= 4 is 11.6 Å². The fourth-order valence-electron chi connectivity index (χ4n) is 1.62. The van der Waals surface area contributed by atoms with Crippen LogP contribution < -0.4 is 5.32 Å². The lowest BCUT2D eigenvalue weighted by Crippen LogP contribution is -2.08. The number of oxazole rings is 1. The predicted molar refractivity (Wildman–Crippen MR) is 69.2 cm³/mol. The maximum atomic E-state index is 5.93. The minimum absolute atomic E-state index is 0.704. The molecule has 3 nitrogen and oxygen atoms in total. The SMILES string of the molecule is CNCCCc1ncc(-c2cccc(Cl)c2)o1. The predicted octanol–water partition coefficient (Wildman–Crippen LogP) is 3.15. The van der Waals surface area contributed by atoms with E-state index < -0.39 is 0 Å². The number of rotatable bonds is 5. The second-order valence-electron chi connectivity index (χ2n) is 3.84. The number of hydrogen-bond donors (Lipinski definition) is 1. The third-order valence-electron chi connectivity index (χ3n) is 2.48. The molecule has 2 aromatic rings. The average molecular weight is 251 g/mol. The Morgan fingerprint density at radius 3 is 3.06 bits per heavy atom. The minimum Gasteiger partial charge on any atom is -0.441 e. The zero-order valence-corrected chi connectivity index (χ0v) is 10.5. The first-order valence-corrected chi connectivity index (χ1v) is 6.02. The lowest BCUT2D eigenvalue weighted by molar-refractivity contribution is 0.495. The van der Waals surface area contributed by atoms with Crippen LogP contribution in [-0.4, -0.2) is 18.6 Å². The molecule has 0 bridgehead atoms. The number of nitrogens with zero attached hydrogens (tertiary/aromatic N) is 1. The van der Waals surface area contributed by atoms with E-state index in [9.17, 15) is 0 Å². The Morgan fingerprint density at radius 1 is 1.41 bits per heavy atom. The number of benzene rings is 1. The molecule has 4 heteroatoms. The largest absolute Gasteiger partial charge is 0.441 e. The van der Waals surface area contributed by atoms with Crippen LogP contribution >= 0.6 is 11.6 Å². The zero-order valence-electron chi connectivity index (χ0n) is 9.74.